The van der Waals surface area contributed by atoms with Crippen molar-refractivity contribution in [3.05, 3.63) is 78.5 Å². The van der Waals surface area contributed by atoms with Gasteiger partial charge >= 0.3 is 0 Å². The van der Waals surface area contributed by atoms with Crippen LogP contribution in [0.3, 0.4) is 0 Å². The molecule has 2 aromatic carbocycles. The van der Waals surface area contributed by atoms with E-state index in [0.29, 0.717) is 11.2 Å². The van der Waals surface area contributed by atoms with E-state index in [9.17, 15) is 4.79 Å². The topological polar surface area (TPSA) is 64.6 Å². The van der Waals surface area contributed by atoms with Gasteiger partial charge in [0.05, 0.1) is 11.7 Å². The summed E-state index contributed by atoms with van der Waals surface area (Å²) in [5.41, 5.74) is 2.96. The first kappa shape index (κ1) is 13.0. The predicted octanol–water partition coefficient (Wildman–Crippen LogP) is 2.76. The van der Waals surface area contributed by atoms with Gasteiger partial charge in [-0.1, -0.05) is 42.5 Å². The number of rotatable bonds is 2. The van der Waals surface area contributed by atoms with E-state index in [2.05, 4.69) is 15.2 Å². The van der Waals surface area contributed by atoms with Gasteiger partial charge in [-0.3, -0.25) is 13.6 Å². The summed E-state index contributed by atoms with van der Waals surface area (Å²) in [4.78, 5) is 17.1. The minimum atomic E-state index is -0.165. The Kier molecular flexibility index (Phi) is 2.55. The maximum absolute atomic E-state index is 12.9. The number of carbonyl (C=O) groups is 1. The molecule has 24 heavy (non-hydrogen) atoms. The number of imidazole rings is 1. The van der Waals surface area contributed by atoms with Gasteiger partial charge in [0.15, 0.2) is 5.65 Å². The lowest BCUT2D eigenvalue weighted by atomic mass is 10.1. The number of fused-ring (bicyclic) bond motifs is 6. The van der Waals surface area contributed by atoms with Crippen LogP contribution in [0.25, 0.3) is 22.2 Å². The molecule has 0 N–H and O–H groups in total. The van der Waals surface area contributed by atoms with Gasteiger partial charge < -0.3 is 0 Å². The fourth-order valence-corrected chi connectivity index (χ4v) is 3.05. The van der Waals surface area contributed by atoms with Crippen molar-refractivity contribution in [3.8, 4) is 0 Å². The molecule has 5 rings (SSSR count). The molecule has 0 amide bonds. The van der Waals surface area contributed by atoms with Gasteiger partial charge in [0, 0.05) is 10.9 Å². The zero-order valence-electron chi connectivity index (χ0n) is 12.5. The van der Waals surface area contributed by atoms with E-state index in [4.69, 9.17) is 0 Å². The lowest BCUT2D eigenvalue weighted by Crippen LogP contribution is -2.08. The molecular weight excluding hydrogens is 302 g/mol. The second-order valence-corrected chi connectivity index (χ2v) is 5.52. The van der Waals surface area contributed by atoms with Crippen molar-refractivity contribution in [2.75, 3.05) is 0 Å². The summed E-state index contributed by atoms with van der Waals surface area (Å²) in [5, 5.41) is 9.37. The van der Waals surface area contributed by atoms with Crippen molar-refractivity contribution in [2.45, 2.75) is 0 Å². The summed E-state index contributed by atoms with van der Waals surface area (Å²) >= 11 is 0. The van der Waals surface area contributed by atoms with Crippen LogP contribution in [0.4, 0.5) is 0 Å². The Labute approximate surface area is 136 Å². The number of ketones is 1. The van der Waals surface area contributed by atoms with Crippen LogP contribution < -0.4 is 0 Å². The largest absolute Gasteiger partial charge is 0.285 e. The lowest BCUT2D eigenvalue weighted by molar-refractivity contribution is 0.102. The van der Waals surface area contributed by atoms with Crippen molar-refractivity contribution in [2.24, 2.45) is 0 Å². The zero-order chi connectivity index (χ0) is 16.1. The highest BCUT2D eigenvalue weighted by atomic mass is 16.1. The normalized spacial score (nSPS) is 11.5. The maximum Gasteiger partial charge on any atom is 0.230 e. The first-order chi connectivity index (χ1) is 11.8. The predicted molar refractivity (Wildman–Crippen MR) is 89.1 cm³/mol. The third-order valence-electron chi connectivity index (χ3n) is 4.15. The van der Waals surface area contributed by atoms with Crippen LogP contribution in [0.15, 0.2) is 67.1 Å². The fraction of sp³-hybridized carbons (Fsp3) is 0. The van der Waals surface area contributed by atoms with Crippen LogP contribution in [0, 0.1) is 0 Å². The van der Waals surface area contributed by atoms with Crippen LogP contribution in [0.2, 0.25) is 0 Å². The molecule has 0 aliphatic carbocycles. The quantitative estimate of drug-likeness (QED) is 0.470. The number of carbonyl (C=O) groups excluding carboxylic acids is 1. The summed E-state index contributed by atoms with van der Waals surface area (Å²) in [6.45, 7) is 0. The highest BCUT2D eigenvalue weighted by Crippen LogP contribution is 2.23. The molecule has 0 unspecified atom stereocenters. The summed E-state index contributed by atoms with van der Waals surface area (Å²) < 4.78 is 3.71. The van der Waals surface area contributed by atoms with E-state index in [-0.39, 0.29) is 11.6 Å². The van der Waals surface area contributed by atoms with E-state index in [0.717, 1.165) is 16.6 Å². The highest BCUT2D eigenvalue weighted by Gasteiger charge is 2.20. The minimum Gasteiger partial charge on any atom is -0.285 e. The SMILES string of the molecule is O=C(c1ccccc1)c1nnc2c3ccccc3n3cncc3n12. The number of hydrogen-bond donors (Lipinski definition) is 0. The molecule has 0 fully saturated rings. The Bertz CT molecular complexity index is 1220. The summed E-state index contributed by atoms with van der Waals surface area (Å²) in [6.07, 6.45) is 3.44. The Morgan fingerprint density at radius 1 is 0.917 bits per heavy atom. The molecule has 114 valence electrons. The molecule has 0 atom stereocenters. The molecule has 0 saturated heterocycles. The first-order valence-corrected chi connectivity index (χ1v) is 7.52. The summed E-state index contributed by atoms with van der Waals surface area (Å²) in [7, 11) is 0. The van der Waals surface area contributed by atoms with Gasteiger partial charge in [0.25, 0.3) is 0 Å². The van der Waals surface area contributed by atoms with Crippen molar-refractivity contribution in [3.63, 3.8) is 0 Å². The third-order valence-corrected chi connectivity index (χ3v) is 4.15. The first-order valence-electron chi connectivity index (χ1n) is 7.52. The molecule has 3 aromatic heterocycles. The van der Waals surface area contributed by atoms with Crippen molar-refractivity contribution in [1.29, 1.82) is 0 Å². The van der Waals surface area contributed by atoms with E-state index < -0.39 is 0 Å². The zero-order valence-corrected chi connectivity index (χ0v) is 12.5. The second kappa shape index (κ2) is 4.73. The molecule has 6 heteroatoms. The Morgan fingerprint density at radius 2 is 1.71 bits per heavy atom. The third kappa shape index (κ3) is 1.65. The van der Waals surface area contributed by atoms with Crippen LogP contribution in [-0.4, -0.2) is 29.8 Å². The molecule has 0 bridgehead atoms. The molecule has 0 radical (unpaired) electrons. The van der Waals surface area contributed by atoms with E-state index in [1.54, 1.807) is 29.1 Å². The smallest absolute Gasteiger partial charge is 0.230 e. The Balaban J connectivity index is 1.91. The van der Waals surface area contributed by atoms with Gasteiger partial charge in [-0.2, -0.15) is 0 Å². The van der Waals surface area contributed by atoms with Crippen LogP contribution in [0.1, 0.15) is 16.2 Å². The average molecular weight is 313 g/mol. The van der Waals surface area contributed by atoms with Gasteiger partial charge in [0.2, 0.25) is 11.6 Å². The highest BCUT2D eigenvalue weighted by molar-refractivity contribution is 6.08. The molecular formula is C18H11N5O. The number of benzene rings is 2. The van der Waals surface area contributed by atoms with Gasteiger partial charge in [-0.05, 0) is 12.1 Å². The average Bonchev–Trinajstić information content (AvgIpc) is 3.29. The van der Waals surface area contributed by atoms with E-state index in [1.165, 1.54) is 0 Å². The minimum absolute atomic E-state index is 0.165. The molecule has 0 aliphatic heterocycles. The van der Waals surface area contributed by atoms with Gasteiger partial charge in [-0.15, -0.1) is 10.2 Å². The monoisotopic (exact) mass is 313 g/mol. The molecule has 6 nitrogen and oxygen atoms in total. The number of para-hydroxylation sites is 1. The van der Waals surface area contributed by atoms with E-state index in [1.807, 2.05) is 46.9 Å². The molecule has 0 aliphatic rings. The van der Waals surface area contributed by atoms with Gasteiger partial charge in [0.1, 0.15) is 12.0 Å². The number of nitrogens with zero attached hydrogens (tertiary/aromatic N) is 5. The molecule has 3 heterocycles. The standard InChI is InChI=1S/C18H11N5O/c24-16(12-6-2-1-3-7-12)18-21-20-17-13-8-4-5-9-14(13)22-11-19-10-15(22)23(17)18/h1-11H. The molecule has 0 saturated carbocycles. The summed E-state index contributed by atoms with van der Waals surface area (Å²) in [6, 6.07) is 17.0. The van der Waals surface area contributed by atoms with Crippen LogP contribution in [0.5, 0.6) is 0 Å². The van der Waals surface area contributed by atoms with Crippen molar-refractivity contribution >= 4 is 28.0 Å². The van der Waals surface area contributed by atoms with Crippen LogP contribution in [-0.2, 0) is 0 Å². The molecule has 5 aromatic rings. The molecule has 0 spiro atoms. The number of aromatic nitrogens is 5. The van der Waals surface area contributed by atoms with Crippen LogP contribution >= 0.6 is 0 Å². The fourth-order valence-electron chi connectivity index (χ4n) is 3.05. The van der Waals surface area contributed by atoms with Gasteiger partial charge in [-0.25, -0.2) is 4.98 Å². The lowest BCUT2D eigenvalue weighted by Gasteiger charge is -2.06. The summed E-state index contributed by atoms with van der Waals surface area (Å²) in [5.74, 6) is 0.119. The second-order valence-electron chi connectivity index (χ2n) is 5.52. The number of hydrogen-bond acceptors (Lipinski definition) is 4. The Morgan fingerprint density at radius 3 is 2.58 bits per heavy atom. The van der Waals surface area contributed by atoms with Crippen molar-refractivity contribution in [1.82, 2.24) is 24.0 Å². The van der Waals surface area contributed by atoms with E-state index >= 15 is 0 Å². The maximum atomic E-state index is 12.9. The Hall–Kier alpha value is -3.54. The van der Waals surface area contributed by atoms with Crippen molar-refractivity contribution < 1.29 is 4.79 Å².